The molecule has 0 unspecified atom stereocenters. The van der Waals surface area contributed by atoms with Crippen molar-refractivity contribution in [3.8, 4) is 0 Å². The predicted octanol–water partition coefficient (Wildman–Crippen LogP) is 3.38. The summed E-state index contributed by atoms with van der Waals surface area (Å²) < 4.78 is 41.3. The first-order valence-corrected chi connectivity index (χ1v) is 10.5. The van der Waals surface area contributed by atoms with Crippen molar-refractivity contribution in [2.24, 2.45) is 0 Å². The van der Waals surface area contributed by atoms with Gasteiger partial charge in [-0.05, 0) is 39.0 Å². The summed E-state index contributed by atoms with van der Waals surface area (Å²) in [4.78, 5) is 38.0. The summed E-state index contributed by atoms with van der Waals surface area (Å²) in [6.45, 7) is 4.83. The fraction of sp³-hybridized carbons (Fsp3) is 0.273. The molecule has 4 rings (SSSR count). The average Bonchev–Trinajstić information content (AvgIpc) is 3.34. The van der Waals surface area contributed by atoms with Crippen LogP contribution in [0.25, 0.3) is 11.0 Å². The number of nitrogens with two attached hydrogens (primary N) is 1. The number of fused-ring (bicyclic) bond motifs is 1. The van der Waals surface area contributed by atoms with Gasteiger partial charge in [-0.15, -0.1) is 0 Å². The third-order valence-corrected chi connectivity index (χ3v) is 5.25. The van der Waals surface area contributed by atoms with Gasteiger partial charge in [-0.25, -0.2) is 9.97 Å². The van der Waals surface area contributed by atoms with Crippen LogP contribution in [-0.4, -0.2) is 41.0 Å². The highest BCUT2D eigenvalue weighted by Gasteiger charge is 2.34. The number of aryl methyl sites for hydroxylation is 1. The maximum atomic E-state index is 13.3. The molecule has 0 spiro atoms. The first-order valence-electron chi connectivity index (χ1n) is 10.5. The van der Waals surface area contributed by atoms with Gasteiger partial charge in [-0.2, -0.15) is 23.3 Å². The third-order valence-electron chi connectivity index (χ3n) is 5.25. The summed E-state index contributed by atoms with van der Waals surface area (Å²) in [6, 6.07) is 3.73. The summed E-state index contributed by atoms with van der Waals surface area (Å²) in [5.41, 5.74) is 5.91. The lowest BCUT2D eigenvalue weighted by Gasteiger charge is -2.08. The minimum Gasteiger partial charge on any atom is -0.368 e. The fourth-order valence-electron chi connectivity index (χ4n) is 3.54. The quantitative estimate of drug-likeness (QED) is 0.399. The Balaban J connectivity index is 1.57. The molecule has 0 aliphatic heterocycles. The van der Waals surface area contributed by atoms with Gasteiger partial charge in [-0.1, -0.05) is 0 Å². The van der Waals surface area contributed by atoms with Gasteiger partial charge in [0.2, 0.25) is 11.9 Å². The fourth-order valence-corrected chi connectivity index (χ4v) is 3.54. The number of anilines is 2. The van der Waals surface area contributed by atoms with Crippen molar-refractivity contribution in [2.75, 3.05) is 11.1 Å². The molecule has 0 saturated heterocycles. The minimum atomic E-state index is -4.61. The highest BCUT2D eigenvalue weighted by molar-refractivity contribution is 6.16. The SMILES string of the molecule is Cc1cc(C(F)(F)F)nn1CC(=O)Nc1cc(C(=O)c2cn(C(C)C)c3nc(N)ncc23)ccn1. The van der Waals surface area contributed by atoms with E-state index >= 15 is 0 Å². The number of halogens is 3. The van der Waals surface area contributed by atoms with Crippen LogP contribution < -0.4 is 11.1 Å². The molecule has 0 atom stereocenters. The van der Waals surface area contributed by atoms with Crippen LogP contribution in [0.5, 0.6) is 0 Å². The Labute approximate surface area is 197 Å². The van der Waals surface area contributed by atoms with Crippen LogP contribution in [0.3, 0.4) is 0 Å². The molecule has 4 aromatic rings. The van der Waals surface area contributed by atoms with E-state index in [9.17, 15) is 22.8 Å². The van der Waals surface area contributed by atoms with E-state index in [1.54, 1.807) is 6.20 Å². The van der Waals surface area contributed by atoms with Gasteiger partial charge in [0.15, 0.2) is 11.5 Å². The Morgan fingerprint density at radius 3 is 2.60 bits per heavy atom. The van der Waals surface area contributed by atoms with Crippen molar-refractivity contribution in [3.63, 3.8) is 0 Å². The predicted molar refractivity (Wildman–Crippen MR) is 121 cm³/mol. The average molecular weight is 486 g/mol. The first-order chi connectivity index (χ1) is 16.4. The molecule has 4 heterocycles. The maximum Gasteiger partial charge on any atom is 0.435 e. The molecule has 13 heteroatoms. The smallest absolute Gasteiger partial charge is 0.368 e. The number of pyridine rings is 1. The number of carbonyl (C=O) groups excluding carboxylic acids is 2. The number of rotatable bonds is 6. The van der Waals surface area contributed by atoms with E-state index in [2.05, 4.69) is 25.4 Å². The van der Waals surface area contributed by atoms with Crippen LogP contribution in [0.4, 0.5) is 24.9 Å². The molecule has 0 bridgehead atoms. The van der Waals surface area contributed by atoms with Crippen molar-refractivity contribution in [3.05, 3.63) is 59.3 Å². The molecule has 0 saturated carbocycles. The topological polar surface area (TPSA) is 134 Å². The molecule has 3 N–H and O–H groups in total. The molecule has 4 aromatic heterocycles. The standard InChI is InChI=1S/C22H21F3N8O2/c1-11(2)32-9-15(14-8-28-21(26)30-20(14)32)19(35)13-4-5-27-17(7-13)29-18(34)10-33-12(3)6-16(31-33)22(23,24)25/h4-9,11H,10H2,1-3H3,(H2,26,28,30)(H,27,29,34). The number of nitrogens with one attached hydrogen (secondary N) is 1. The summed E-state index contributed by atoms with van der Waals surface area (Å²) in [7, 11) is 0. The van der Waals surface area contributed by atoms with Gasteiger partial charge in [0.05, 0.1) is 5.56 Å². The molecule has 0 aliphatic rings. The van der Waals surface area contributed by atoms with Gasteiger partial charge < -0.3 is 15.6 Å². The van der Waals surface area contributed by atoms with Crippen LogP contribution in [0, 0.1) is 6.92 Å². The highest BCUT2D eigenvalue weighted by Crippen LogP contribution is 2.28. The van der Waals surface area contributed by atoms with Crippen LogP contribution in [-0.2, 0) is 17.5 Å². The van der Waals surface area contributed by atoms with Gasteiger partial charge in [0, 0.05) is 41.3 Å². The van der Waals surface area contributed by atoms with Crippen LogP contribution >= 0.6 is 0 Å². The maximum absolute atomic E-state index is 13.3. The molecular formula is C22H21F3N8O2. The van der Waals surface area contributed by atoms with Crippen molar-refractivity contribution in [1.82, 2.24) is 29.3 Å². The second kappa shape index (κ2) is 8.81. The summed E-state index contributed by atoms with van der Waals surface area (Å²) in [5, 5.41) is 6.45. The Hall–Kier alpha value is -4.29. The Kier molecular flexibility index (Phi) is 6.01. The van der Waals surface area contributed by atoms with Crippen LogP contribution in [0.1, 0.15) is 47.2 Å². The molecule has 35 heavy (non-hydrogen) atoms. The van der Waals surface area contributed by atoms with Gasteiger partial charge >= 0.3 is 6.18 Å². The molecule has 0 fully saturated rings. The highest BCUT2D eigenvalue weighted by atomic mass is 19.4. The Morgan fingerprint density at radius 1 is 1.20 bits per heavy atom. The van der Waals surface area contributed by atoms with Crippen LogP contribution in [0.2, 0.25) is 0 Å². The van der Waals surface area contributed by atoms with E-state index in [0.717, 1.165) is 10.7 Å². The number of ketones is 1. The number of hydrogen-bond acceptors (Lipinski definition) is 7. The van der Waals surface area contributed by atoms with E-state index in [-0.39, 0.29) is 34.8 Å². The zero-order valence-electron chi connectivity index (χ0n) is 19.0. The van der Waals surface area contributed by atoms with Crippen molar-refractivity contribution >= 4 is 34.5 Å². The van der Waals surface area contributed by atoms with E-state index in [0.29, 0.717) is 16.6 Å². The van der Waals surface area contributed by atoms with Crippen molar-refractivity contribution in [2.45, 2.75) is 39.5 Å². The largest absolute Gasteiger partial charge is 0.435 e. The molecule has 0 radical (unpaired) electrons. The second-order valence-corrected chi connectivity index (χ2v) is 8.14. The number of aromatic nitrogens is 6. The summed E-state index contributed by atoms with van der Waals surface area (Å²) >= 11 is 0. The van der Waals surface area contributed by atoms with Crippen molar-refractivity contribution < 1.29 is 22.8 Å². The molecule has 0 aromatic carbocycles. The van der Waals surface area contributed by atoms with E-state index in [1.807, 2.05) is 18.4 Å². The molecular weight excluding hydrogens is 465 g/mol. The number of carbonyl (C=O) groups is 2. The number of amides is 1. The number of nitrogen functional groups attached to an aromatic ring is 1. The second-order valence-electron chi connectivity index (χ2n) is 8.14. The van der Waals surface area contributed by atoms with Gasteiger partial charge in [-0.3, -0.25) is 14.3 Å². The molecule has 182 valence electrons. The van der Waals surface area contributed by atoms with Crippen molar-refractivity contribution in [1.29, 1.82) is 0 Å². The summed E-state index contributed by atoms with van der Waals surface area (Å²) in [5.74, 6) is -0.851. The lowest BCUT2D eigenvalue weighted by Crippen LogP contribution is -2.21. The normalized spacial score (nSPS) is 11.9. The van der Waals surface area contributed by atoms with Gasteiger partial charge in [0.25, 0.3) is 0 Å². The molecule has 1 amide bonds. The monoisotopic (exact) mass is 486 g/mol. The van der Waals surface area contributed by atoms with Crippen LogP contribution in [0.15, 0.2) is 36.8 Å². The lowest BCUT2D eigenvalue weighted by atomic mass is 10.1. The molecule has 10 nitrogen and oxygen atoms in total. The Morgan fingerprint density at radius 2 is 1.94 bits per heavy atom. The first kappa shape index (κ1) is 23.9. The zero-order chi connectivity index (χ0) is 25.5. The van der Waals surface area contributed by atoms with E-state index < -0.39 is 24.3 Å². The zero-order valence-corrected chi connectivity index (χ0v) is 19.0. The third kappa shape index (κ3) is 4.83. The number of hydrogen-bond donors (Lipinski definition) is 2. The summed E-state index contributed by atoms with van der Waals surface area (Å²) in [6.07, 6.45) is -0.115. The number of alkyl halides is 3. The van der Waals surface area contributed by atoms with E-state index in [4.69, 9.17) is 5.73 Å². The number of nitrogens with zero attached hydrogens (tertiary/aromatic N) is 6. The lowest BCUT2D eigenvalue weighted by molar-refractivity contribution is -0.141. The Bertz CT molecular complexity index is 1440. The molecule has 0 aliphatic carbocycles. The minimum absolute atomic E-state index is 0.00394. The van der Waals surface area contributed by atoms with Gasteiger partial charge in [0.1, 0.15) is 18.0 Å². The van der Waals surface area contributed by atoms with E-state index in [1.165, 1.54) is 31.5 Å².